The quantitative estimate of drug-likeness (QED) is 0.681. The fraction of sp³-hybridized carbons (Fsp3) is 0.375. The van der Waals surface area contributed by atoms with Gasteiger partial charge in [0, 0.05) is 0 Å². The van der Waals surface area contributed by atoms with E-state index < -0.39 is 5.97 Å². The van der Waals surface area contributed by atoms with Crippen molar-refractivity contribution in [2.75, 3.05) is 6.61 Å². The average molecular weight is 201 g/mol. The first kappa shape index (κ1) is 9.92. The van der Waals surface area contributed by atoms with E-state index in [1.54, 1.807) is 13.8 Å². The van der Waals surface area contributed by atoms with Crippen LogP contribution in [0.3, 0.4) is 0 Å². The van der Waals surface area contributed by atoms with E-state index in [9.17, 15) is 4.79 Å². The van der Waals surface area contributed by atoms with Crippen molar-refractivity contribution in [2.45, 2.75) is 13.8 Å². The summed E-state index contributed by atoms with van der Waals surface area (Å²) in [5, 5.41) is 0.299. The van der Waals surface area contributed by atoms with Crippen molar-refractivity contribution < 1.29 is 9.53 Å². The number of aromatic nitrogens is 2. The highest BCUT2D eigenvalue weighted by Gasteiger charge is 2.09. The number of hydrogen-bond acceptors (Lipinski definition) is 4. The zero-order valence-corrected chi connectivity index (χ0v) is 8.13. The van der Waals surface area contributed by atoms with Gasteiger partial charge in [-0.25, -0.2) is 14.8 Å². The van der Waals surface area contributed by atoms with Crippen LogP contribution in [0.4, 0.5) is 0 Å². The van der Waals surface area contributed by atoms with Crippen molar-refractivity contribution in [3.63, 3.8) is 0 Å². The predicted octanol–water partition coefficient (Wildman–Crippen LogP) is 1.62. The predicted molar refractivity (Wildman–Crippen MR) is 47.7 cm³/mol. The smallest absolute Gasteiger partial charge is 0.358 e. The monoisotopic (exact) mass is 200 g/mol. The van der Waals surface area contributed by atoms with Gasteiger partial charge >= 0.3 is 5.97 Å². The van der Waals surface area contributed by atoms with Crippen LogP contribution in [0.15, 0.2) is 6.20 Å². The maximum Gasteiger partial charge on any atom is 0.358 e. The molecule has 0 saturated carbocycles. The third kappa shape index (κ3) is 2.39. The van der Waals surface area contributed by atoms with Gasteiger partial charge in [0.15, 0.2) is 5.69 Å². The van der Waals surface area contributed by atoms with E-state index in [0.29, 0.717) is 17.5 Å². The summed E-state index contributed by atoms with van der Waals surface area (Å²) >= 11 is 5.64. The number of ether oxygens (including phenoxy) is 1. The second-order valence-electron chi connectivity index (χ2n) is 2.35. The molecule has 1 aromatic heterocycles. The molecule has 0 radical (unpaired) electrons. The highest BCUT2D eigenvalue weighted by Crippen LogP contribution is 2.09. The molecule has 0 N–H and O–H groups in total. The minimum Gasteiger partial charge on any atom is -0.461 e. The molecule has 1 heterocycles. The molecule has 1 aromatic rings. The van der Waals surface area contributed by atoms with Crippen LogP contribution in [0.1, 0.15) is 23.1 Å². The molecule has 0 atom stereocenters. The van der Waals surface area contributed by atoms with Gasteiger partial charge < -0.3 is 4.74 Å². The molecule has 13 heavy (non-hydrogen) atoms. The molecule has 1 rings (SSSR count). The van der Waals surface area contributed by atoms with Gasteiger partial charge in [-0.05, 0) is 13.8 Å². The number of aryl methyl sites for hydroxylation is 1. The fourth-order valence-electron chi connectivity index (χ4n) is 0.770. The Morgan fingerprint density at radius 2 is 2.38 bits per heavy atom. The molecule has 0 saturated heterocycles. The molecule has 0 spiro atoms. The summed E-state index contributed by atoms with van der Waals surface area (Å²) in [5.74, 6) is -0.477. The Labute approximate surface area is 80.9 Å². The summed E-state index contributed by atoms with van der Waals surface area (Å²) < 4.78 is 4.74. The number of hydrogen-bond donors (Lipinski definition) is 0. The van der Waals surface area contributed by atoms with E-state index in [2.05, 4.69) is 9.97 Å². The Kier molecular flexibility index (Phi) is 3.19. The normalized spacial score (nSPS) is 9.77. The number of esters is 1. The van der Waals surface area contributed by atoms with E-state index >= 15 is 0 Å². The minimum atomic E-state index is -0.477. The summed E-state index contributed by atoms with van der Waals surface area (Å²) in [6, 6.07) is 0. The van der Waals surface area contributed by atoms with Crippen LogP contribution in [0.25, 0.3) is 0 Å². The molecule has 0 aliphatic rings. The molecule has 0 aliphatic heterocycles. The first-order chi connectivity index (χ1) is 6.15. The Morgan fingerprint density at radius 3 is 2.92 bits per heavy atom. The molecule has 0 aromatic carbocycles. The van der Waals surface area contributed by atoms with Gasteiger partial charge in [-0.3, -0.25) is 0 Å². The SMILES string of the molecule is CCOC(=O)c1cnc(Cl)c(C)n1. The van der Waals surface area contributed by atoms with Crippen LogP contribution in [0.5, 0.6) is 0 Å². The van der Waals surface area contributed by atoms with E-state index in [1.807, 2.05) is 0 Å². The van der Waals surface area contributed by atoms with Gasteiger partial charge in [0.2, 0.25) is 0 Å². The molecule has 70 valence electrons. The largest absolute Gasteiger partial charge is 0.461 e. The molecule has 4 nitrogen and oxygen atoms in total. The fourth-order valence-corrected chi connectivity index (χ4v) is 0.861. The van der Waals surface area contributed by atoms with Gasteiger partial charge in [0.1, 0.15) is 5.15 Å². The Bertz CT molecular complexity index is 328. The molecular formula is C8H9ClN2O2. The highest BCUT2D eigenvalue weighted by atomic mass is 35.5. The molecule has 0 unspecified atom stereocenters. The summed E-state index contributed by atoms with van der Waals surface area (Å²) in [4.78, 5) is 18.8. The Morgan fingerprint density at radius 1 is 1.69 bits per heavy atom. The minimum absolute atomic E-state index is 0.184. The van der Waals surface area contributed by atoms with Crippen LogP contribution < -0.4 is 0 Å². The average Bonchev–Trinajstić information content (AvgIpc) is 2.10. The van der Waals surface area contributed by atoms with Crippen molar-refractivity contribution in [1.29, 1.82) is 0 Å². The van der Waals surface area contributed by atoms with E-state index in [0.717, 1.165) is 0 Å². The third-order valence-electron chi connectivity index (χ3n) is 1.37. The second kappa shape index (κ2) is 4.18. The van der Waals surface area contributed by atoms with Crippen LogP contribution in [-0.4, -0.2) is 22.5 Å². The maximum absolute atomic E-state index is 11.1. The Hall–Kier alpha value is -1.16. The van der Waals surface area contributed by atoms with Gasteiger partial charge in [0.05, 0.1) is 18.5 Å². The lowest BCUT2D eigenvalue weighted by molar-refractivity contribution is 0.0518. The van der Waals surface area contributed by atoms with Crippen molar-refractivity contribution >= 4 is 17.6 Å². The third-order valence-corrected chi connectivity index (χ3v) is 1.74. The van der Waals surface area contributed by atoms with E-state index in [-0.39, 0.29) is 5.69 Å². The van der Waals surface area contributed by atoms with Gasteiger partial charge in [-0.2, -0.15) is 0 Å². The lowest BCUT2D eigenvalue weighted by Crippen LogP contribution is -2.08. The number of rotatable bonds is 2. The second-order valence-corrected chi connectivity index (χ2v) is 2.71. The molecule has 5 heteroatoms. The summed E-state index contributed by atoms with van der Waals surface area (Å²) in [6.45, 7) is 3.73. The molecule has 0 aliphatic carbocycles. The highest BCUT2D eigenvalue weighted by molar-refractivity contribution is 6.30. The summed E-state index contributed by atoms with van der Waals surface area (Å²) in [7, 11) is 0. The van der Waals surface area contributed by atoms with Crippen molar-refractivity contribution in [1.82, 2.24) is 9.97 Å². The summed E-state index contributed by atoms with van der Waals surface area (Å²) in [5.41, 5.74) is 0.705. The number of carbonyl (C=O) groups is 1. The standard InChI is InChI=1S/C8H9ClN2O2/c1-3-13-8(12)6-4-10-7(9)5(2)11-6/h4H,3H2,1-2H3. The summed E-state index contributed by atoms with van der Waals surface area (Å²) in [6.07, 6.45) is 1.30. The van der Waals surface area contributed by atoms with Crippen LogP contribution in [-0.2, 0) is 4.74 Å². The first-order valence-electron chi connectivity index (χ1n) is 3.81. The molecule has 0 bridgehead atoms. The van der Waals surface area contributed by atoms with Crippen LogP contribution in [0, 0.1) is 6.92 Å². The van der Waals surface area contributed by atoms with E-state index in [1.165, 1.54) is 6.20 Å². The molecule has 0 amide bonds. The van der Waals surface area contributed by atoms with Gasteiger partial charge in [0.25, 0.3) is 0 Å². The van der Waals surface area contributed by atoms with Crippen molar-refractivity contribution in [3.05, 3.63) is 22.7 Å². The van der Waals surface area contributed by atoms with E-state index in [4.69, 9.17) is 16.3 Å². The van der Waals surface area contributed by atoms with Crippen molar-refractivity contribution in [3.8, 4) is 0 Å². The zero-order chi connectivity index (χ0) is 9.84. The number of carbonyl (C=O) groups excluding carboxylic acids is 1. The Balaban J connectivity index is 2.90. The van der Waals surface area contributed by atoms with Crippen molar-refractivity contribution in [2.24, 2.45) is 0 Å². The zero-order valence-electron chi connectivity index (χ0n) is 7.37. The molecular weight excluding hydrogens is 192 g/mol. The van der Waals surface area contributed by atoms with Crippen LogP contribution in [0.2, 0.25) is 5.15 Å². The number of nitrogens with zero attached hydrogens (tertiary/aromatic N) is 2. The van der Waals surface area contributed by atoms with Gasteiger partial charge in [-0.15, -0.1) is 0 Å². The number of halogens is 1. The van der Waals surface area contributed by atoms with Gasteiger partial charge in [-0.1, -0.05) is 11.6 Å². The first-order valence-corrected chi connectivity index (χ1v) is 4.19. The topological polar surface area (TPSA) is 52.1 Å². The lowest BCUT2D eigenvalue weighted by atomic mass is 10.4. The maximum atomic E-state index is 11.1. The molecule has 0 fully saturated rings. The van der Waals surface area contributed by atoms with Crippen LogP contribution >= 0.6 is 11.6 Å². The lowest BCUT2D eigenvalue weighted by Gasteiger charge is -2.01.